The number of ketones is 1. The van der Waals surface area contributed by atoms with Crippen molar-refractivity contribution in [1.29, 1.82) is 0 Å². The molecule has 11 N–H and O–H groups in total. The van der Waals surface area contributed by atoms with E-state index in [9.17, 15) is 67.5 Å². The first-order valence-corrected chi connectivity index (χ1v) is 21.1. The summed E-state index contributed by atoms with van der Waals surface area (Å²) in [4.78, 5) is 108. The van der Waals surface area contributed by atoms with Crippen LogP contribution in [0, 0.1) is 5.41 Å². The van der Waals surface area contributed by atoms with Gasteiger partial charge in [-0.2, -0.15) is 4.31 Å². The number of aromatic nitrogens is 4. The smallest absolute Gasteiger partial charge is 0.475 e. The highest BCUT2D eigenvalue weighted by atomic mass is 32.2. The topological polar surface area (TPSA) is 418 Å². The Morgan fingerprint density at radius 1 is 1.04 bits per heavy atom. The van der Waals surface area contributed by atoms with Crippen molar-refractivity contribution in [3.8, 4) is 0 Å². The summed E-state index contributed by atoms with van der Waals surface area (Å²) in [6.45, 7) is -0.0256. The molecule has 2 aromatic heterocycles. The van der Waals surface area contributed by atoms with E-state index in [1.807, 2.05) is 0 Å². The molecule has 2 amide bonds. The van der Waals surface area contributed by atoms with Gasteiger partial charge in [0.05, 0.1) is 26.0 Å². The highest BCUT2D eigenvalue weighted by molar-refractivity contribution is 8.13. The average molecular weight is 882 g/mol. The SMILES string of the molecule is CC(C)(COP(=O)(O)OP(=O)(O)OC[C@H]1O[C@@H](n2cnc3c(N)ncnc32)[C@H](O)[C@@H]1OP(=O)(O)O)[C@@H](O)C(=O)NCCC(=O)NCCSC(=O)CC(=O)C(=O)O. The van der Waals surface area contributed by atoms with Crippen molar-refractivity contribution >= 4 is 80.9 Å². The third-order valence-corrected chi connectivity index (χ3v) is 11.3. The van der Waals surface area contributed by atoms with Crippen LogP contribution in [0.25, 0.3) is 11.2 Å². The summed E-state index contributed by atoms with van der Waals surface area (Å²) in [6.07, 6.45) is -8.03. The van der Waals surface area contributed by atoms with Crippen LogP contribution < -0.4 is 16.4 Å². The Kier molecular flexibility index (Phi) is 16.3. The summed E-state index contributed by atoms with van der Waals surface area (Å²) in [7, 11) is -16.5. The van der Waals surface area contributed by atoms with Gasteiger partial charge in [0.2, 0.25) is 17.6 Å². The molecule has 0 spiro atoms. The first kappa shape index (κ1) is 47.1. The van der Waals surface area contributed by atoms with E-state index >= 15 is 0 Å². The number of phosphoric ester groups is 3. The number of carboxylic acids is 1. The summed E-state index contributed by atoms with van der Waals surface area (Å²) >= 11 is 0.632. The van der Waals surface area contributed by atoms with Gasteiger partial charge in [-0.15, -0.1) is 0 Å². The Balaban J connectivity index is 1.49. The molecule has 0 aliphatic carbocycles. The lowest BCUT2D eigenvalue weighted by atomic mass is 9.87. The number of amides is 2. The molecule has 1 fully saturated rings. The van der Waals surface area contributed by atoms with Crippen LogP contribution in [0.15, 0.2) is 12.7 Å². The first-order chi connectivity index (χ1) is 25.8. The molecule has 314 valence electrons. The van der Waals surface area contributed by atoms with Gasteiger partial charge in [0.1, 0.15) is 36.3 Å². The maximum atomic E-state index is 12.6. The molecule has 27 nitrogen and oxygen atoms in total. The minimum Gasteiger partial charge on any atom is -0.475 e. The number of nitrogens with one attached hydrogen (secondary N) is 2. The Bertz CT molecular complexity index is 1930. The van der Waals surface area contributed by atoms with Gasteiger partial charge < -0.3 is 56.0 Å². The third kappa shape index (κ3) is 14.0. The number of carboxylic acid groups (broad SMARTS) is 1. The first-order valence-electron chi connectivity index (χ1n) is 15.6. The van der Waals surface area contributed by atoms with Gasteiger partial charge in [-0.1, -0.05) is 25.6 Å². The van der Waals surface area contributed by atoms with Gasteiger partial charge in [0.25, 0.3) is 0 Å². The van der Waals surface area contributed by atoms with Crippen LogP contribution in [-0.2, 0) is 60.3 Å². The van der Waals surface area contributed by atoms with Crippen LogP contribution in [0.2, 0.25) is 0 Å². The minimum absolute atomic E-state index is 0.0121. The quantitative estimate of drug-likeness (QED) is 0.0257. The molecule has 2 unspecified atom stereocenters. The summed E-state index contributed by atoms with van der Waals surface area (Å²) in [5.41, 5.74) is 4.15. The number of nitrogens with two attached hydrogens (primary N) is 1. The number of hydrogen-bond donors (Lipinski definition) is 10. The second kappa shape index (κ2) is 19.4. The molecule has 3 heterocycles. The maximum absolute atomic E-state index is 12.6. The van der Waals surface area contributed by atoms with Gasteiger partial charge in [0.15, 0.2) is 22.8 Å². The number of aliphatic carboxylic acids is 1. The van der Waals surface area contributed by atoms with Gasteiger partial charge in [-0.05, 0) is 0 Å². The Labute approximate surface area is 319 Å². The summed E-state index contributed by atoms with van der Waals surface area (Å²) in [5, 5.41) is 33.8. The lowest BCUT2D eigenvalue weighted by molar-refractivity contribution is -0.149. The molecule has 0 radical (unpaired) electrons. The van der Waals surface area contributed by atoms with Crippen molar-refractivity contribution in [2.24, 2.45) is 5.41 Å². The molecule has 0 bridgehead atoms. The van der Waals surface area contributed by atoms with Crippen molar-refractivity contribution in [1.82, 2.24) is 30.2 Å². The van der Waals surface area contributed by atoms with Crippen molar-refractivity contribution in [2.45, 2.75) is 57.3 Å². The minimum atomic E-state index is -5.60. The van der Waals surface area contributed by atoms with Crippen molar-refractivity contribution in [3.63, 3.8) is 0 Å². The van der Waals surface area contributed by atoms with E-state index < -0.39 is 108 Å². The Morgan fingerprint density at radius 2 is 1.70 bits per heavy atom. The molecule has 7 atom stereocenters. The molecule has 1 aliphatic heterocycles. The number of imidazole rings is 1. The predicted octanol–water partition coefficient (Wildman–Crippen LogP) is -2.29. The van der Waals surface area contributed by atoms with Gasteiger partial charge in [-0.3, -0.25) is 37.3 Å². The van der Waals surface area contributed by atoms with E-state index in [1.165, 1.54) is 13.8 Å². The van der Waals surface area contributed by atoms with Crippen LogP contribution >= 0.6 is 35.2 Å². The Hall–Kier alpha value is -3.30. The summed E-state index contributed by atoms with van der Waals surface area (Å²) < 4.78 is 61.8. The molecule has 0 aromatic carbocycles. The number of ether oxygens (including phenoxy) is 1. The number of phosphoric acid groups is 3. The van der Waals surface area contributed by atoms with Gasteiger partial charge >= 0.3 is 29.4 Å². The highest BCUT2D eigenvalue weighted by Crippen LogP contribution is 2.61. The number of fused-ring (bicyclic) bond motifs is 1. The number of rotatable bonds is 22. The number of carbonyl (C=O) groups excluding carboxylic acids is 4. The molecule has 31 heteroatoms. The number of nitrogen functional groups attached to an aromatic ring is 1. The van der Waals surface area contributed by atoms with Crippen LogP contribution in [-0.4, -0.2) is 140 Å². The fourth-order valence-corrected chi connectivity index (χ4v) is 8.05. The second-order valence-corrected chi connectivity index (χ2v) is 17.6. The molecule has 56 heavy (non-hydrogen) atoms. The van der Waals surface area contributed by atoms with E-state index in [1.54, 1.807) is 0 Å². The second-order valence-electron chi connectivity index (χ2n) is 12.2. The molecule has 1 aliphatic rings. The number of hydrogen-bond acceptors (Lipinski definition) is 20. The maximum Gasteiger partial charge on any atom is 0.481 e. The molecule has 0 saturated carbocycles. The van der Waals surface area contributed by atoms with Crippen molar-refractivity contribution < 1.29 is 95.2 Å². The molecule has 3 rings (SSSR count). The number of Topliss-reactive ketones (excluding diaryl/α,β-unsaturated/α-hetero) is 1. The van der Waals surface area contributed by atoms with Crippen LogP contribution in [0.3, 0.4) is 0 Å². The Morgan fingerprint density at radius 3 is 2.34 bits per heavy atom. The van der Waals surface area contributed by atoms with E-state index in [0.29, 0.717) is 11.8 Å². The normalized spacial score (nSPS) is 21.5. The zero-order chi connectivity index (χ0) is 42.2. The van der Waals surface area contributed by atoms with Gasteiger partial charge in [-0.25, -0.2) is 33.4 Å². The monoisotopic (exact) mass is 881 g/mol. The number of anilines is 1. The number of aliphatic hydroxyl groups excluding tert-OH is 2. The zero-order valence-corrected chi connectivity index (χ0v) is 32.5. The lowest BCUT2D eigenvalue weighted by Gasteiger charge is -2.30. The fraction of sp³-hybridized carbons (Fsp3) is 0.600. The van der Waals surface area contributed by atoms with E-state index in [4.69, 9.17) is 24.6 Å². The largest absolute Gasteiger partial charge is 0.481 e. The van der Waals surface area contributed by atoms with E-state index in [2.05, 4.69) is 34.4 Å². The number of thioether (sulfide) groups is 1. The van der Waals surface area contributed by atoms with E-state index in [0.717, 1.165) is 17.2 Å². The van der Waals surface area contributed by atoms with Gasteiger partial charge in [0, 0.05) is 30.7 Å². The lowest BCUT2D eigenvalue weighted by Crippen LogP contribution is -2.46. The van der Waals surface area contributed by atoms with Crippen molar-refractivity contribution in [3.05, 3.63) is 12.7 Å². The third-order valence-electron chi connectivity index (χ3n) is 7.31. The van der Waals surface area contributed by atoms with Crippen LogP contribution in [0.1, 0.15) is 32.9 Å². The van der Waals surface area contributed by atoms with E-state index in [-0.39, 0.29) is 42.2 Å². The highest BCUT2D eigenvalue weighted by Gasteiger charge is 2.50. The average Bonchev–Trinajstić information content (AvgIpc) is 3.64. The summed E-state index contributed by atoms with van der Waals surface area (Å²) in [5.74, 6) is -4.69. The fourth-order valence-electron chi connectivity index (χ4n) is 4.55. The molecular weight excluding hydrogens is 843 g/mol. The molecular formula is C25H38N7O20P3S. The molecule has 1 saturated heterocycles. The number of carbonyl (C=O) groups is 5. The number of nitrogens with zero attached hydrogens (tertiary/aromatic N) is 4. The van der Waals surface area contributed by atoms with Crippen LogP contribution in [0.4, 0.5) is 5.82 Å². The molecule has 2 aromatic rings. The number of aliphatic hydroxyl groups is 2. The standard InChI is InChI=1S/C25H38N7O20P3S/c1-25(2,19(37)22(38)28-4-3-14(34)27-5-6-56-15(35)7-12(33)24(39)40)9-49-55(46,47)52-54(44,45)48-8-13-18(51-53(41,42)43)17(36)23(50-13)32-11-31-16-20(26)29-10-30-21(16)32/h10-11,13,17-19,23,36-37H,3-9H2,1-2H3,(H,27,34)(H,28,38)(H,39,40)(H,44,45)(H,46,47)(H2,26,29,30)(H2,41,42,43)/t13-,17-,18-,19+,23-/m1/s1. The zero-order valence-electron chi connectivity index (χ0n) is 29.0. The van der Waals surface area contributed by atoms with Crippen LogP contribution in [0.5, 0.6) is 0 Å². The summed E-state index contributed by atoms with van der Waals surface area (Å²) in [6, 6.07) is 0. The van der Waals surface area contributed by atoms with Crippen molar-refractivity contribution in [2.75, 3.05) is 37.8 Å². The predicted molar refractivity (Wildman–Crippen MR) is 184 cm³/mol.